The third kappa shape index (κ3) is 2.24. The van der Waals surface area contributed by atoms with Gasteiger partial charge in [-0.05, 0) is 19.0 Å². The van der Waals surface area contributed by atoms with Gasteiger partial charge in [-0.2, -0.15) is 4.98 Å². The quantitative estimate of drug-likeness (QED) is 0.809. The van der Waals surface area contributed by atoms with Crippen LogP contribution in [-0.4, -0.2) is 21.3 Å². The van der Waals surface area contributed by atoms with Gasteiger partial charge in [0.15, 0.2) is 5.82 Å². The summed E-state index contributed by atoms with van der Waals surface area (Å²) >= 11 is 0. The molecule has 0 fully saturated rings. The number of hydrogen-bond donors (Lipinski definition) is 1. The average Bonchev–Trinajstić information content (AvgIpc) is 2.83. The monoisotopic (exact) mass is 206 g/mol. The Balaban J connectivity index is 2.13. The molecule has 5 heteroatoms. The summed E-state index contributed by atoms with van der Waals surface area (Å²) in [5.74, 6) is 1.29. The van der Waals surface area contributed by atoms with Gasteiger partial charge in [0, 0.05) is 25.9 Å². The number of aryl methyl sites for hydroxylation is 2. The maximum absolute atomic E-state index is 5.41. The predicted octanol–water partition coefficient (Wildman–Crippen LogP) is 0.966. The van der Waals surface area contributed by atoms with Crippen molar-refractivity contribution in [3.05, 3.63) is 24.3 Å². The third-order valence-corrected chi connectivity index (χ3v) is 2.15. The first kappa shape index (κ1) is 9.92. The molecule has 0 saturated heterocycles. The van der Waals surface area contributed by atoms with Crippen LogP contribution in [0.3, 0.4) is 0 Å². The molecule has 0 unspecified atom stereocenters. The topological polar surface area (TPSA) is 69.9 Å². The van der Waals surface area contributed by atoms with Crippen molar-refractivity contribution in [3.8, 4) is 11.5 Å². The van der Waals surface area contributed by atoms with Crippen LogP contribution in [0, 0.1) is 0 Å². The molecule has 2 aromatic rings. The van der Waals surface area contributed by atoms with Crippen LogP contribution in [-0.2, 0) is 13.5 Å². The minimum absolute atomic E-state index is 0.572. The van der Waals surface area contributed by atoms with Crippen LogP contribution in [0.1, 0.15) is 12.2 Å². The lowest BCUT2D eigenvalue weighted by atomic mass is 10.3. The van der Waals surface area contributed by atoms with E-state index in [-0.39, 0.29) is 0 Å². The number of hydrogen-bond acceptors (Lipinski definition) is 4. The summed E-state index contributed by atoms with van der Waals surface area (Å²) in [7, 11) is 1.95. The van der Waals surface area contributed by atoms with Crippen LogP contribution in [0.4, 0.5) is 0 Å². The van der Waals surface area contributed by atoms with E-state index < -0.39 is 0 Å². The highest BCUT2D eigenvalue weighted by Crippen LogP contribution is 2.16. The summed E-state index contributed by atoms with van der Waals surface area (Å²) in [6.45, 7) is 0.648. The number of rotatable bonds is 4. The molecule has 0 aliphatic carbocycles. The lowest BCUT2D eigenvalue weighted by Crippen LogP contribution is -2.01. The fraction of sp³-hybridized carbons (Fsp3) is 0.400. The maximum Gasteiger partial charge on any atom is 0.259 e. The van der Waals surface area contributed by atoms with E-state index >= 15 is 0 Å². The molecule has 0 aliphatic rings. The standard InChI is InChI=1S/C10H14N4O/c1-14-6-4-8(7-14)10-12-9(13-15-10)3-2-5-11/h4,6-7H,2-3,5,11H2,1H3. The Labute approximate surface area is 87.9 Å². The van der Waals surface area contributed by atoms with Gasteiger partial charge in [-0.1, -0.05) is 5.16 Å². The van der Waals surface area contributed by atoms with Gasteiger partial charge in [0.25, 0.3) is 5.89 Å². The van der Waals surface area contributed by atoms with Crippen molar-refractivity contribution in [1.82, 2.24) is 14.7 Å². The zero-order chi connectivity index (χ0) is 10.7. The van der Waals surface area contributed by atoms with Crippen LogP contribution in [0.25, 0.3) is 11.5 Å². The Kier molecular flexibility index (Phi) is 2.82. The minimum atomic E-state index is 0.572. The van der Waals surface area contributed by atoms with Crippen molar-refractivity contribution in [2.45, 2.75) is 12.8 Å². The second-order valence-electron chi connectivity index (χ2n) is 3.47. The number of nitrogens with zero attached hydrogens (tertiary/aromatic N) is 3. The number of nitrogens with two attached hydrogens (primary N) is 1. The van der Waals surface area contributed by atoms with Gasteiger partial charge in [-0.15, -0.1) is 0 Å². The van der Waals surface area contributed by atoms with Gasteiger partial charge in [0.2, 0.25) is 0 Å². The van der Waals surface area contributed by atoms with Crippen LogP contribution < -0.4 is 5.73 Å². The fourth-order valence-electron chi connectivity index (χ4n) is 1.36. The molecule has 0 aromatic carbocycles. The Hall–Kier alpha value is -1.62. The molecule has 0 aliphatic heterocycles. The Bertz CT molecular complexity index is 432. The van der Waals surface area contributed by atoms with E-state index in [0.29, 0.717) is 12.4 Å². The van der Waals surface area contributed by atoms with Crippen LogP contribution >= 0.6 is 0 Å². The SMILES string of the molecule is Cn1ccc(-c2nc(CCCN)no2)c1. The molecule has 0 amide bonds. The summed E-state index contributed by atoms with van der Waals surface area (Å²) in [5, 5.41) is 3.89. The number of aromatic nitrogens is 3. The summed E-state index contributed by atoms with van der Waals surface area (Å²) in [4.78, 5) is 4.28. The van der Waals surface area contributed by atoms with Crippen LogP contribution in [0.15, 0.2) is 23.0 Å². The Morgan fingerprint density at radius 1 is 1.53 bits per heavy atom. The first-order chi connectivity index (χ1) is 7.29. The maximum atomic E-state index is 5.41. The first-order valence-corrected chi connectivity index (χ1v) is 4.94. The minimum Gasteiger partial charge on any atom is -0.356 e. The highest BCUT2D eigenvalue weighted by Gasteiger charge is 2.08. The van der Waals surface area contributed by atoms with Gasteiger partial charge >= 0.3 is 0 Å². The molecular formula is C10H14N4O. The van der Waals surface area contributed by atoms with Gasteiger partial charge in [0.05, 0.1) is 5.56 Å². The third-order valence-electron chi connectivity index (χ3n) is 2.15. The zero-order valence-electron chi connectivity index (χ0n) is 8.68. The van der Waals surface area contributed by atoms with Crippen molar-refractivity contribution in [3.63, 3.8) is 0 Å². The largest absolute Gasteiger partial charge is 0.356 e. The molecule has 0 atom stereocenters. The second kappa shape index (κ2) is 4.27. The van der Waals surface area contributed by atoms with Crippen LogP contribution in [0.5, 0.6) is 0 Å². The molecule has 2 heterocycles. The molecule has 0 radical (unpaired) electrons. The second-order valence-corrected chi connectivity index (χ2v) is 3.47. The molecule has 2 aromatic heterocycles. The summed E-state index contributed by atoms with van der Waals surface area (Å²) in [6, 6.07) is 1.94. The van der Waals surface area contributed by atoms with E-state index in [4.69, 9.17) is 10.3 Å². The van der Waals surface area contributed by atoms with E-state index in [2.05, 4.69) is 10.1 Å². The molecule has 15 heavy (non-hydrogen) atoms. The van der Waals surface area contributed by atoms with Crippen molar-refractivity contribution in [2.75, 3.05) is 6.54 Å². The fourth-order valence-corrected chi connectivity index (χ4v) is 1.36. The molecular weight excluding hydrogens is 192 g/mol. The molecule has 0 saturated carbocycles. The summed E-state index contributed by atoms with van der Waals surface area (Å²) in [6.07, 6.45) is 5.54. The highest BCUT2D eigenvalue weighted by atomic mass is 16.5. The van der Waals surface area contributed by atoms with Crippen molar-refractivity contribution < 1.29 is 4.52 Å². The summed E-state index contributed by atoms with van der Waals surface area (Å²) in [5.41, 5.74) is 6.36. The molecule has 0 spiro atoms. The van der Waals surface area contributed by atoms with Crippen molar-refractivity contribution in [2.24, 2.45) is 12.8 Å². The van der Waals surface area contributed by atoms with Crippen molar-refractivity contribution in [1.29, 1.82) is 0 Å². The molecule has 0 bridgehead atoms. The molecule has 2 rings (SSSR count). The molecule has 5 nitrogen and oxygen atoms in total. The first-order valence-electron chi connectivity index (χ1n) is 4.94. The van der Waals surface area contributed by atoms with Crippen LogP contribution in [0.2, 0.25) is 0 Å². The predicted molar refractivity (Wildman–Crippen MR) is 56.1 cm³/mol. The van der Waals surface area contributed by atoms with E-state index in [1.165, 1.54) is 0 Å². The van der Waals surface area contributed by atoms with Gasteiger partial charge in [-0.3, -0.25) is 0 Å². The smallest absolute Gasteiger partial charge is 0.259 e. The van der Waals surface area contributed by atoms with Gasteiger partial charge in [-0.25, -0.2) is 0 Å². The Morgan fingerprint density at radius 3 is 3.07 bits per heavy atom. The normalized spacial score (nSPS) is 10.8. The van der Waals surface area contributed by atoms with E-state index in [9.17, 15) is 0 Å². The Morgan fingerprint density at radius 2 is 2.40 bits per heavy atom. The van der Waals surface area contributed by atoms with E-state index in [1.807, 2.05) is 30.1 Å². The van der Waals surface area contributed by atoms with E-state index in [1.54, 1.807) is 0 Å². The van der Waals surface area contributed by atoms with E-state index in [0.717, 1.165) is 24.2 Å². The summed E-state index contributed by atoms with van der Waals surface area (Å²) < 4.78 is 7.09. The lowest BCUT2D eigenvalue weighted by Gasteiger charge is -1.88. The average molecular weight is 206 g/mol. The molecule has 2 N–H and O–H groups in total. The lowest BCUT2D eigenvalue weighted by molar-refractivity contribution is 0.422. The van der Waals surface area contributed by atoms with Gasteiger partial charge < -0.3 is 14.8 Å². The molecule has 80 valence electrons. The zero-order valence-corrected chi connectivity index (χ0v) is 8.68. The highest BCUT2D eigenvalue weighted by molar-refractivity contribution is 5.51. The van der Waals surface area contributed by atoms with Gasteiger partial charge in [0.1, 0.15) is 0 Å². The van der Waals surface area contributed by atoms with Crippen molar-refractivity contribution >= 4 is 0 Å².